The summed E-state index contributed by atoms with van der Waals surface area (Å²) >= 11 is 0. The maximum atomic E-state index is 12.2. The van der Waals surface area contributed by atoms with Crippen molar-refractivity contribution >= 4 is 11.8 Å². The first-order valence-corrected chi connectivity index (χ1v) is 8.57. The summed E-state index contributed by atoms with van der Waals surface area (Å²) < 4.78 is 0. The van der Waals surface area contributed by atoms with Crippen LogP contribution in [-0.4, -0.2) is 48.9 Å². The maximum Gasteiger partial charge on any atom is 0.242 e. The minimum atomic E-state index is -0.363. The first-order chi connectivity index (χ1) is 11.2. The molecule has 2 heterocycles. The fourth-order valence-electron chi connectivity index (χ4n) is 3.49. The second-order valence-electron chi connectivity index (χ2n) is 6.54. The Bertz CT molecular complexity index is 546. The molecular formula is C18H25N3O2. The molecule has 2 aliphatic heterocycles. The standard InChI is InChI=1S/C18H25N3O2/c22-17(20-16-8-4-5-10-19-18(16)23)13-21-11-9-15(12-21)14-6-2-1-3-7-14/h1-3,6-7,15-16H,4-5,8-13H2,(H,19,23)(H,20,22). The molecule has 0 aromatic heterocycles. The minimum Gasteiger partial charge on any atom is -0.354 e. The third-order valence-electron chi connectivity index (χ3n) is 4.78. The Morgan fingerprint density at radius 1 is 1.22 bits per heavy atom. The van der Waals surface area contributed by atoms with Crippen molar-refractivity contribution in [3.05, 3.63) is 35.9 Å². The highest BCUT2D eigenvalue weighted by Crippen LogP contribution is 2.26. The van der Waals surface area contributed by atoms with Crippen molar-refractivity contribution in [1.82, 2.24) is 15.5 Å². The molecule has 1 aromatic carbocycles. The molecule has 2 saturated heterocycles. The number of amides is 2. The van der Waals surface area contributed by atoms with Gasteiger partial charge in [0.15, 0.2) is 0 Å². The zero-order valence-electron chi connectivity index (χ0n) is 13.5. The van der Waals surface area contributed by atoms with Crippen LogP contribution >= 0.6 is 0 Å². The molecule has 0 aliphatic carbocycles. The van der Waals surface area contributed by atoms with Crippen molar-refractivity contribution in [2.24, 2.45) is 0 Å². The van der Waals surface area contributed by atoms with Gasteiger partial charge in [-0.15, -0.1) is 0 Å². The van der Waals surface area contributed by atoms with Gasteiger partial charge in [-0.2, -0.15) is 0 Å². The van der Waals surface area contributed by atoms with E-state index < -0.39 is 0 Å². The van der Waals surface area contributed by atoms with Crippen LogP contribution in [0.4, 0.5) is 0 Å². The molecule has 5 heteroatoms. The summed E-state index contributed by atoms with van der Waals surface area (Å²) in [5, 5.41) is 5.75. The fraction of sp³-hybridized carbons (Fsp3) is 0.556. The normalized spacial score (nSPS) is 25.7. The maximum absolute atomic E-state index is 12.2. The van der Waals surface area contributed by atoms with Crippen molar-refractivity contribution in [2.45, 2.75) is 37.6 Å². The van der Waals surface area contributed by atoms with Gasteiger partial charge in [-0.3, -0.25) is 14.5 Å². The van der Waals surface area contributed by atoms with Gasteiger partial charge in [0, 0.05) is 13.1 Å². The van der Waals surface area contributed by atoms with Crippen LogP contribution in [0, 0.1) is 0 Å². The summed E-state index contributed by atoms with van der Waals surface area (Å²) in [6.45, 7) is 2.95. The first-order valence-electron chi connectivity index (χ1n) is 8.57. The van der Waals surface area contributed by atoms with Crippen LogP contribution in [0.3, 0.4) is 0 Å². The molecule has 0 saturated carbocycles. The minimum absolute atomic E-state index is 0.0410. The molecule has 5 nitrogen and oxygen atoms in total. The SMILES string of the molecule is O=C(CN1CCC(c2ccccc2)C1)NC1CCCCNC1=O. The summed E-state index contributed by atoms with van der Waals surface area (Å²) in [6, 6.07) is 10.1. The monoisotopic (exact) mass is 315 g/mol. The molecular weight excluding hydrogens is 290 g/mol. The Hall–Kier alpha value is -1.88. The van der Waals surface area contributed by atoms with E-state index in [1.54, 1.807) is 0 Å². The second kappa shape index (κ2) is 7.59. The van der Waals surface area contributed by atoms with Gasteiger partial charge < -0.3 is 10.6 Å². The average Bonchev–Trinajstić information content (AvgIpc) is 2.93. The quantitative estimate of drug-likeness (QED) is 0.879. The van der Waals surface area contributed by atoms with E-state index in [4.69, 9.17) is 0 Å². The molecule has 3 rings (SSSR count). The molecule has 0 bridgehead atoms. The van der Waals surface area contributed by atoms with Gasteiger partial charge in [0.25, 0.3) is 0 Å². The van der Waals surface area contributed by atoms with E-state index in [-0.39, 0.29) is 17.9 Å². The van der Waals surface area contributed by atoms with Gasteiger partial charge in [0.1, 0.15) is 6.04 Å². The van der Waals surface area contributed by atoms with Crippen molar-refractivity contribution in [3.8, 4) is 0 Å². The predicted octanol–water partition coefficient (Wildman–Crippen LogP) is 1.26. The summed E-state index contributed by atoms with van der Waals surface area (Å²) in [7, 11) is 0. The van der Waals surface area contributed by atoms with Crippen LogP contribution < -0.4 is 10.6 Å². The lowest BCUT2D eigenvalue weighted by molar-refractivity contribution is -0.129. The first kappa shape index (κ1) is 16.0. The summed E-state index contributed by atoms with van der Waals surface area (Å²) in [4.78, 5) is 26.3. The van der Waals surface area contributed by atoms with Crippen molar-refractivity contribution in [3.63, 3.8) is 0 Å². The number of carbonyl (C=O) groups excluding carboxylic acids is 2. The van der Waals surface area contributed by atoms with E-state index in [1.807, 2.05) is 6.07 Å². The van der Waals surface area contributed by atoms with Gasteiger partial charge in [0.05, 0.1) is 6.54 Å². The fourth-order valence-corrected chi connectivity index (χ4v) is 3.49. The van der Waals surface area contributed by atoms with Gasteiger partial charge in [-0.1, -0.05) is 30.3 Å². The lowest BCUT2D eigenvalue weighted by atomic mass is 9.99. The summed E-state index contributed by atoms with van der Waals surface area (Å²) in [6.07, 6.45) is 3.79. The predicted molar refractivity (Wildman–Crippen MR) is 89.0 cm³/mol. The molecule has 0 radical (unpaired) electrons. The Morgan fingerprint density at radius 2 is 2.04 bits per heavy atom. The van der Waals surface area contributed by atoms with Crippen LogP contribution in [0.2, 0.25) is 0 Å². The Balaban J connectivity index is 1.48. The summed E-state index contributed by atoms with van der Waals surface area (Å²) in [5.74, 6) is 0.422. The van der Waals surface area contributed by atoms with Crippen LogP contribution in [0.15, 0.2) is 30.3 Å². The molecule has 0 spiro atoms. The number of nitrogens with zero attached hydrogens (tertiary/aromatic N) is 1. The molecule has 2 fully saturated rings. The van der Waals surface area contributed by atoms with Crippen molar-refractivity contribution in [1.29, 1.82) is 0 Å². The molecule has 2 amide bonds. The lowest BCUT2D eigenvalue weighted by Crippen LogP contribution is -2.48. The highest BCUT2D eigenvalue weighted by Gasteiger charge is 2.27. The zero-order valence-corrected chi connectivity index (χ0v) is 13.5. The number of rotatable bonds is 4. The van der Waals surface area contributed by atoms with Crippen LogP contribution in [0.5, 0.6) is 0 Å². The highest BCUT2D eigenvalue weighted by atomic mass is 16.2. The largest absolute Gasteiger partial charge is 0.354 e. The Labute approximate surface area is 137 Å². The van der Waals surface area contributed by atoms with Crippen LogP contribution in [0.1, 0.15) is 37.2 Å². The van der Waals surface area contributed by atoms with E-state index in [9.17, 15) is 9.59 Å². The number of hydrogen-bond acceptors (Lipinski definition) is 3. The molecule has 23 heavy (non-hydrogen) atoms. The zero-order chi connectivity index (χ0) is 16.1. The van der Waals surface area contributed by atoms with Crippen LogP contribution in [0.25, 0.3) is 0 Å². The van der Waals surface area contributed by atoms with E-state index in [0.29, 0.717) is 12.5 Å². The lowest BCUT2D eigenvalue weighted by Gasteiger charge is -2.19. The molecule has 2 N–H and O–H groups in total. The third-order valence-corrected chi connectivity index (χ3v) is 4.78. The second-order valence-corrected chi connectivity index (χ2v) is 6.54. The van der Waals surface area contributed by atoms with Crippen LogP contribution in [-0.2, 0) is 9.59 Å². The molecule has 2 atom stereocenters. The van der Waals surface area contributed by atoms with Gasteiger partial charge >= 0.3 is 0 Å². The highest BCUT2D eigenvalue weighted by molar-refractivity contribution is 5.88. The van der Waals surface area contributed by atoms with Gasteiger partial charge in [-0.05, 0) is 43.7 Å². The van der Waals surface area contributed by atoms with E-state index >= 15 is 0 Å². The summed E-state index contributed by atoms with van der Waals surface area (Å²) in [5.41, 5.74) is 1.35. The topological polar surface area (TPSA) is 61.4 Å². The number of benzene rings is 1. The molecule has 2 aliphatic rings. The molecule has 124 valence electrons. The van der Waals surface area contributed by atoms with Gasteiger partial charge in [0.2, 0.25) is 11.8 Å². The third kappa shape index (κ3) is 4.32. The number of hydrogen-bond donors (Lipinski definition) is 2. The number of nitrogens with one attached hydrogen (secondary N) is 2. The smallest absolute Gasteiger partial charge is 0.242 e. The van der Waals surface area contributed by atoms with E-state index in [0.717, 1.165) is 45.3 Å². The average molecular weight is 315 g/mol. The molecule has 1 aromatic rings. The van der Waals surface area contributed by atoms with E-state index in [1.165, 1.54) is 5.56 Å². The van der Waals surface area contributed by atoms with Crippen molar-refractivity contribution < 1.29 is 9.59 Å². The Morgan fingerprint density at radius 3 is 2.87 bits per heavy atom. The Kier molecular flexibility index (Phi) is 5.28. The van der Waals surface area contributed by atoms with E-state index in [2.05, 4.69) is 39.8 Å². The number of carbonyl (C=O) groups is 2. The molecule has 2 unspecified atom stereocenters. The van der Waals surface area contributed by atoms with Crippen molar-refractivity contribution in [2.75, 3.05) is 26.2 Å². The van der Waals surface area contributed by atoms with Gasteiger partial charge in [-0.25, -0.2) is 0 Å². The number of likely N-dealkylation sites (tertiary alicyclic amines) is 1.